The number of fused-ring (bicyclic) bond motifs is 1. The van der Waals surface area contributed by atoms with Crippen LogP contribution < -0.4 is 4.74 Å². The van der Waals surface area contributed by atoms with Gasteiger partial charge >= 0.3 is 5.97 Å². The van der Waals surface area contributed by atoms with Gasteiger partial charge in [0.05, 0.1) is 13.7 Å². The molecule has 5 heteroatoms. The molecule has 0 spiro atoms. The summed E-state index contributed by atoms with van der Waals surface area (Å²) in [6.07, 6.45) is 1.15. The third kappa shape index (κ3) is 2.82. The fraction of sp³-hybridized carbons (Fsp3) is 0.368. The van der Waals surface area contributed by atoms with Crippen molar-refractivity contribution >= 4 is 11.8 Å². The second-order valence-electron chi connectivity index (χ2n) is 6.00. The Labute approximate surface area is 141 Å². The van der Waals surface area contributed by atoms with E-state index in [1.807, 2.05) is 31.2 Å². The van der Waals surface area contributed by atoms with Crippen LogP contribution in [0, 0.1) is 6.92 Å². The van der Waals surface area contributed by atoms with Crippen molar-refractivity contribution in [3.8, 4) is 5.75 Å². The van der Waals surface area contributed by atoms with Gasteiger partial charge in [0.1, 0.15) is 11.4 Å². The number of rotatable bonds is 4. The van der Waals surface area contributed by atoms with Crippen LogP contribution in [-0.4, -0.2) is 30.5 Å². The minimum Gasteiger partial charge on any atom is -0.494 e. The predicted molar refractivity (Wildman–Crippen MR) is 89.9 cm³/mol. The van der Waals surface area contributed by atoms with Crippen molar-refractivity contribution < 1.29 is 19.1 Å². The Morgan fingerprint density at radius 1 is 1.25 bits per heavy atom. The molecule has 1 N–H and O–H groups in total. The number of H-pyrrole nitrogens is 1. The van der Waals surface area contributed by atoms with E-state index in [2.05, 4.69) is 4.98 Å². The van der Waals surface area contributed by atoms with Gasteiger partial charge in [-0.25, -0.2) is 4.79 Å². The van der Waals surface area contributed by atoms with Crippen LogP contribution in [0.15, 0.2) is 24.3 Å². The first-order valence-electron chi connectivity index (χ1n) is 8.10. The molecule has 5 nitrogen and oxygen atoms in total. The van der Waals surface area contributed by atoms with E-state index in [1.165, 1.54) is 7.11 Å². The summed E-state index contributed by atoms with van der Waals surface area (Å²) in [4.78, 5) is 27.5. The zero-order chi connectivity index (χ0) is 17.3. The molecule has 2 aromatic rings. The van der Waals surface area contributed by atoms with Gasteiger partial charge in [-0.3, -0.25) is 4.79 Å². The van der Waals surface area contributed by atoms with Crippen LogP contribution in [0.25, 0.3) is 0 Å². The van der Waals surface area contributed by atoms with Crippen molar-refractivity contribution in [2.75, 3.05) is 13.7 Å². The number of aromatic amines is 1. The molecular formula is C19H21NO4. The van der Waals surface area contributed by atoms with Gasteiger partial charge in [-0.05, 0) is 49.4 Å². The SMILES string of the molecule is CCOc1ccc([C@@H]2CC(=O)c3c([nH]c(C(=O)OC)c3C)C2)cc1. The van der Waals surface area contributed by atoms with Gasteiger partial charge in [-0.2, -0.15) is 0 Å². The number of carbonyl (C=O) groups is 2. The number of aromatic nitrogens is 1. The van der Waals surface area contributed by atoms with Crippen molar-refractivity contribution in [3.63, 3.8) is 0 Å². The standard InChI is InChI=1S/C19H21NO4/c1-4-24-14-7-5-12(6-8-14)13-9-15-17(16(21)10-13)11(2)18(20-15)19(22)23-3/h5-8,13,20H,4,9-10H2,1-3H3/t13-/m0/s1. The molecule has 1 aliphatic rings. The lowest BCUT2D eigenvalue weighted by atomic mass is 9.81. The molecule has 126 valence electrons. The van der Waals surface area contributed by atoms with Gasteiger partial charge in [0, 0.05) is 17.7 Å². The van der Waals surface area contributed by atoms with Crippen LogP contribution in [0.4, 0.5) is 0 Å². The Balaban J connectivity index is 1.89. The van der Waals surface area contributed by atoms with Crippen LogP contribution in [0.2, 0.25) is 0 Å². The fourth-order valence-electron chi connectivity index (χ4n) is 3.38. The molecule has 1 atom stereocenters. The summed E-state index contributed by atoms with van der Waals surface area (Å²) in [7, 11) is 1.34. The zero-order valence-electron chi connectivity index (χ0n) is 14.1. The summed E-state index contributed by atoms with van der Waals surface area (Å²) in [6, 6.07) is 7.87. The molecule has 24 heavy (non-hydrogen) atoms. The van der Waals surface area contributed by atoms with Crippen molar-refractivity contribution in [1.82, 2.24) is 4.98 Å². The van der Waals surface area contributed by atoms with E-state index >= 15 is 0 Å². The Morgan fingerprint density at radius 3 is 2.58 bits per heavy atom. The smallest absolute Gasteiger partial charge is 0.354 e. The highest BCUT2D eigenvalue weighted by atomic mass is 16.5. The Morgan fingerprint density at radius 2 is 1.96 bits per heavy atom. The van der Waals surface area contributed by atoms with E-state index in [-0.39, 0.29) is 11.7 Å². The van der Waals surface area contributed by atoms with Crippen LogP contribution >= 0.6 is 0 Å². The minimum absolute atomic E-state index is 0.0686. The third-order valence-corrected chi connectivity index (χ3v) is 4.54. The first-order chi connectivity index (χ1) is 11.5. The molecule has 0 amide bonds. The number of benzene rings is 1. The van der Waals surface area contributed by atoms with Crippen LogP contribution in [0.3, 0.4) is 0 Å². The number of hydrogen-bond donors (Lipinski definition) is 1. The largest absolute Gasteiger partial charge is 0.494 e. The van der Waals surface area contributed by atoms with Crippen molar-refractivity contribution in [2.45, 2.75) is 32.6 Å². The summed E-state index contributed by atoms with van der Waals surface area (Å²) >= 11 is 0. The number of Topliss-reactive ketones (excluding diaryl/α,β-unsaturated/α-hetero) is 1. The average Bonchev–Trinajstić information content (AvgIpc) is 2.92. The molecule has 1 aromatic carbocycles. The monoisotopic (exact) mass is 327 g/mol. The molecule has 1 heterocycles. The van der Waals surface area contributed by atoms with Gasteiger partial charge in [0.15, 0.2) is 5.78 Å². The van der Waals surface area contributed by atoms with Gasteiger partial charge in [0.2, 0.25) is 0 Å². The molecule has 0 saturated carbocycles. The quantitative estimate of drug-likeness (QED) is 0.874. The summed E-state index contributed by atoms with van der Waals surface area (Å²) in [5.41, 5.74) is 3.64. The number of ether oxygens (including phenoxy) is 2. The number of ketones is 1. The van der Waals surface area contributed by atoms with Gasteiger partial charge in [0.25, 0.3) is 0 Å². The van der Waals surface area contributed by atoms with E-state index in [9.17, 15) is 9.59 Å². The first-order valence-corrected chi connectivity index (χ1v) is 8.10. The van der Waals surface area contributed by atoms with E-state index in [0.29, 0.717) is 36.3 Å². The topological polar surface area (TPSA) is 68.4 Å². The Bertz CT molecular complexity index is 773. The number of methoxy groups -OCH3 is 1. The fourth-order valence-corrected chi connectivity index (χ4v) is 3.38. The lowest BCUT2D eigenvalue weighted by Crippen LogP contribution is -2.18. The molecule has 0 aliphatic heterocycles. The highest BCUT2D eigenvalue weighted by molar-refractivity contribution is 6.03. The minimum atomic E-state index is -0.438. The average molecular weight is 327 g/mol. The third-order valence-electron chi connectivity index (χ3n) is 4.54. The number of nitrogens with one attached hydrogen (secondary N) is 1. The molecule has 3 rings (SSSR count). The second-order valence-corrected chi connectivity index (χ2v) is 6.00. The summed E-state index contributed by atoms with van der Waals surface area (Å²) in [5, 5.41) is 0. The Kier molecular flexibility index (Phi) is 4.42. The predicted octanol–water partition coefficient (Wildman–Crippen LogP) is 3.42. The van der Waals surface area contributed by atoms with E-state index < -0.39 is 5.97 Å². The molecular weight excluding hydrogens is 306 g/mol. The zero-order valence-corrected chi connectivity index (χ0v) is 14.1. The van der Waals surface area contributed by atoms with Crippen molar-refractivity contribution in [1.29, 1.82) is 0 Å². The van der Waals surface area contributed by atoms with Crippen LogP contribution in [-0.2, 0) is 11.2 Å². The molecule has 0 saturated heterocycles. The lowest BCUT2D eigenvalue weighted by molar-refractivity contribution is 0.0593. The Hall–Kier alpha value is -2.56. The van der Waals surface area contributed by atoms with Gasteiger partial charge in [-0.15, -0.1) is 0 Å². The van der Waals surface area contributed by atoms with Crippen molar-refractivity contribution in [3.05, 3.63) is 52.3 Å². The number of carbonyl (C=O) groups excluding carboxylic acids is 2. The molecule has 0 unspecified atom stereocenters. The van der Waals surface area contributed by atoms with Crippen molar-refractivity contribution in [2.24, 2.45) is 0 Å². The highest BCUT2D eigenvalue weighted by Gasteiger charge is 2.32. The van der Waals surface area contributed by atoms with Gasteiger partial charge in [-0.1, -0.05) is 12.1 Å². The highest BCUT2D eigenvalue weighted by Crippen LogP contribution is 2.35. The normalized spacial score (nSPS) is 16.6. The molecule has 0 radical (unpaired) electrons. The van der Waals surface area contributed by atoms with E-state index in [0.717, 1.165) is 17.0 Å². The number of esters is 1. The van der Waals surface area contributed by atoms with E-state index in [4.69, 9.17) is 9.47 Å². The van der Waals surface area contributed by atoms with Crippen LogP contribution in [0.5, 0.6) is 5.75 Å². The van der Waals surface area contributed by atoms with Crippen LogP contribution in [0.1, 0.15) is 56.9 Å². The van der Waals surface area contributed by atoms with E-state index in [1.54, 1.807) is 6.92 Å². The lowest BCUT2D eigenvalue weighted by Gasteiger charge is -2.22. The first kappa shape index (κ1) is 16.3. The maximum atomic E-state index is 12.6. The summed E-state index contributed by atoms with van der Waals surface area (Å²) in [6.45, 7) is 4.36. The molecule has 1 aliphatic carbocycles. The molecule has 0 fully saturated rings. The molecule has 0 bridgehead atoms. The number of hydrogen-bond acceptors (Lipinski definition) is 4. The molecule has 1 aromatic heterocycles. The summed E-state index contributed by atoms with van der Waals surface area (Å²) < 4.78 is 10.2. The van der Waals surface area contributed by atoms with Gasteiger partial charge < -0.3 is 14.5 Å². The maximum absolute atomic E-state index is 12.6. The summed E-state index contributed by atoms with van der Waals surface area (Å²) in [5.74, 6) is 0.559. The maximum Gasteiger partial charge on any atom is 0.354 e. The second kappa shape index (κ2) is 6.51.